The first kappa shape index (κ1) is 33.3. The highest BCUT2D eigenvalue weighted by molar-refractivity contribution is 7.16. The van der Waals surface area contributed by atoms with Crippen molar-refractivity contribution in [1.82, 2.24) is 14.8 Å². The number of amidine groups is 1. The zero-order valence-corrected chi connectivity index (χ0v) is 28.1. The molecule has 5 rings (SSSR count). The average Bonchev–Trinajstić information content (AvgIpc) is 3.35. The van der Waals surface area contributed by atoms with Crippen LogP contribution in [0.3, 0.4) is 0 Å². The summed E-state index contributed by atoms with van der Waals surface area (Å²) in [5, 5.41) is 14.2. The Kier molecular flexibility index (Phi) is 9.65. The summed E-state index contributed by atoms with van der Waals surface area (Å²) in [4.78, 5) is 43.3. The number of nitrogen functional groups attached to an aromatic ring is 1. The molecule has 4 N–H and O–H groups in total. The van der Waals surface area contributed by atoms with Crippen molar-refractivity contribution in [3.8, 4) is 11.8 Å². The number of nitrogens with zero attached hydrogens (tertiary/aromatic N) is 6. The van der Waals surface area contributed by atoms with Crippen molar-refractivity contribution in [2.24, 2.45) is 10.9 Å². The molecule has 0 aromatic carbocycles. The number of pyridine rings is 1. The molecule has 2 fully saturated rings. The number of piperidine rings is 1. The van der Waals surface area contributed by atoms with Crippen molar-refractivity contribution < 1.29 is 23.9 Å². The number of aryl methyl sites for hydroxylation is 1. The van der Waals surface area contributed by atoms with E-state index in [9.17, 15) is 14.9 Å². The lowest BCUT2D eigenvalue weighted by atomic mass is 9.72. The van der Waals surface area contributed by atoms with Crippen LogP contribution in [-0.4, -0.2) is 90.7 Å². The number of likely N-dealkylation sites (tertiary alicyclic amines) is 1. The predicted molar refractivity (Wildman–Crippen MR) is 176 cm³/mol. The minimum Gasteiger partial charge on any atom is -0.490 e. The monoisotopic (exact) mass is 652 g/mol. The number of nitrogens with two attached hydrogens (primary N) is 2. The van der Waals surface area contributed by atoms with E-state index in [1.807, 2.05) is 26.8 Å². The maximum Gasteiger partial charge on any atom is 0.410 e. The third-order valence-corrected chi connectivity index (χ3v) is 9.78. The Labute approximate surface area is 274 Å². The van der Waals surface area contributed by atoms with E-state index in [0.29, 0.717) is 65.7 Å². The minimum atomic E-state index is -1.08. The lowest BCUT2D eigenvalue weighted by molar-refractivity contribution is -0.150. The van der Waals surface area contributed by atoms with Crippen LogP contribution in [-0.2, 0) is 26.2 Å². The van der Waals surface area contributed by atoms with Crippen molar-refractivity contribution in [2.75, 3.05) is 56.9 Å². The van der Waals surface area contributed by atoms with Crippen LogP contribution in [0.2, 0.25) is 0 Å². The lowest BCUT2D eigenvalue weighted by Crippen LogP contribution is -2.45. The molecule has 2 saturated heterocycles. The molecule has 4 heterocycles. The van der Waals surface area contributed by atoms with Gasteiger partial charge in [-0.05, 0) is 54.0 Å². The van der Waals surface area contributed by atoms with Crippen LogP contribution in [0.5, 0.6) is 5.75 Å². The van der Waals surface area contributed by atoms with Gasteiger partial charge >= 0.3 is 12.1 Å². The van der Waals surface area contributed by atoms with Crippen molar-refractivity contribution in [3.05, 3.63) is 33.8 Å². The second-order valence-corrected chi connectivity index (χ2v) is 14.6. The third-order valence-electron chi connectivity index (χ3n) is 8.70. The number of oxime groups is 1. The second-order valence-electron chi connectivity index (χ2n) is 13.4. The average molecular weight is 653 g/mol. The van der Waals surface area contributed by atoms with Gasteiger partial charge in [0.2, 0.25) is 0 Å². The molecule has 0 bridgehead atoms. The summed E-state index contributed by atoms with van der Waals surface area (Å²) < 4.78 is 11.9. The summed E-state index contributed by atoms with van der Waals surface area (Å²) in [5.74, 6) is 0.580. The molecule has 1 unspecified atom stereocenters. The molecule has 2 aliphatic heterocycles. The Bertz CT molecular complexity index is 1530. The number of aromatic nitrogens is 1. The summed E-state index contributed by atoms with van der Waals surface area (Å²) >= 11 is 1.35. The van der Waals surface area contributed by atoms with Crippen molar-refractivity contribution >= 4 is 40.1 Å². The van der Waals surface area contributed by atoms with Gasteiger partial charge in [-0.2, -0.15) is 5.26 Å². The zero-order valence-electron chi connectivity index (χ0n) is 27.3. The Morgan fingerprint density at radius 2 is 1.85 bits per heavy atom. The number of ether oxygens (including phenoxy) is 2. The summed E-state index contributed by atoms with van der Waals surface area (Å²) in [6, 6.07) is 5.75. The van der Waals surface area contributed by atoms with Gasteiger partial charge in [0.15, 0.2) is 5.84 Å². The topological polar surface area (TPSA) is 173 Å². The predicted octanol–water partition coefficient (Wildman–Crippen LogP) is 3.58. The van der Waals surface area contributed by atoms with Crippen molar-refractivity contribution in [3.63, 3.8) is 0 Å². The molecule has 3 aliphatic rings. The van der Waals surface area contributed by atoms with E-state index >= 15 is 0 Å². The summed E-state index contributed by atoms with van der Waals surface area (Å²) in [7, 11) is 2.08. The molecule has 2 aromatic rings. The van der Waals surface area contributed by atoms with Crippen LogP contribution >= 0.6 is 11.3 Å². The first-order valence-electron chi connectivity index (χ1n) is 15.7. The number of rotatable bonds is 6. The number of hydrogen-bond acceptors (Lipinski definition) is 12. The van der Waals surface area contributed by atoms with Gasteiger partial charge in [-0.3, -0.25) is 0 Å². The lowest BCUT2D eigenvalue weighted by Gasteiger charge is -2.34. The molecule has 46 heavy (non-hydrogen) atoms. The maximum atomic E-state index is 13.5. The van der Waals surface area contributed by atoms with E-state index in [2.05, 4.69) is 28.1 Å². The normalized spacial score (nSPS) is 21.3. The quantitative estimate of drug-likeness (QED) is 0.202. The van der Waals surface area contributed by atoms with Crippen LogP contribution in [0, 0.1) is 11.3 Å². The number of anilines is 2. The molecule has 248 valence electrons. The van der Waals surface area contributed by atoms with Crippen LogP contribution in [0.4, 0.5) is 15.6 Å². The van der Waals surface area contributed by atoms with Gasteiger partial charge in [0.05, 0.1) is 11.0 Å². The standard InChI is InChI=1S/C32H44N8O5S/c1-31(2,3)44-30(42)40-11-8-20(9-12-40)43-21-17-23(36-25(18-21)39-15-13-38(5)14-16-39)27(34)37-45-29(41)32(4)10-6-7-24-26(32)22(19-33)28(35)46-24/h17-18,20H,6-16,35H2,1-5H3,(H2,34,37). The molecular formula is C32H44N8O5S. The van der Waals surface area contributed by atoms with Gasteiger partial charge in [-0.1, -0.05) is 5.16 Å². The SMILES string of the molecule is CN1CCN(c2cc(OC3CCN(C(=O)OC(C)(C)C)CC3)cc(/C(N)=N/OC(=O)C3(C)CCCc4sc(N)c(C#N)c43)n2)CC1. The number of amides is 1. The van der Waals surface area contributed by atoms with E-state index in [0.717, 1.165) is 43.9 Å². The van der Waals surface area contributed by atoms with Crippen molar-refractivity contribution in [2.45, 2.75) is 76.9 Å². The van der Waals surface area contributed by atoms with Crippen LogP contribution < -0.4 is 21.1 Å². The number of carbonyl (C=O) groups is 2. The fourth-order valence-corrected chi connectivity index (χ4v) is 7.29. The molecular weight excluding hydrogens is 608 g/mol. The first-order valence-corrected chi connectivity index (χ1v) is 16.6. The van der Waals surface area contributed by atoms with E-state index in [-0.39, 0.29) is 18.0 Å². The number of thiophene rings is 1. The molecule has 0 spiro atoms. The number of hydrogen-bond donors (Lipinski definition) is 2. The highest BCUT2D eigenvalue weighted by Crippen LogP contribution is 2.46. The van der Waals surface area contributed by atoms with Crippen LogP contribution in [0.25, 0.3) is 0 Å². The number of likely N-dealkylation sites (N-methyl/N-ethyl adjacent to an activating group) is 1. The fourth-order valence-electron chi connectivity index (χ4n) is 6.10. The smallest absolute Gasteiger partial charge is 0.410 e. The van der Waals surface area contributed by atoms with Gasteiger partial charge in [0.25, 0.3) is 0 Å². The molecule has 0 radical (unpaired) electrons. The Morgan fingerprint density at radius 3 is 2.50 bits per heavy atom. The van der Waals surface area contributed by atoms with Gasteiger partial charge in [0.1, 0.15) is 40.0 Å². The summed E-state index contributed by atoms with van der Waals surface area (Å²) in [6.45, 7) is 11.7. The highest BCUT2D eigenvalue weighted by atomic mass is 32.1. The zero-order chi connectivity index (χ0) is 33.2. The van der Waals surface area contributed by atoms with E-state index in [1.165, 1.54) is 11.3 Å². The largest absolute Gasteiger partial charge is 0.490 e. The molecule has 13 nitrogen and oxygen atoms in total. The third kappa shape index (κ3) is 7.31. The number of piperazine rings is 1. The molecule has 2 aromatic heterocycles. The molecule has 1 amide bonds. The van der Waals surface area contributed by atoms with Gasteiger partial charge < -0.3 is 40.5 Å². The highest BCUT2D eigenvalue weighted by Gasteiger charge is 2.45. The maximum absolute atomic E-state index is 13.5. The number of carbonyl (C=O) groups excluding carboxylic acids is 2. The van der Waals surface area contributed by atoms with Crippen LogP contribution in [0.1, 0.15) is 75.1 Å². The fraction of sp³-hybridized carbons (Fsp3) is 0.594. The number of fused-ring (bicyclic) bond motifs is 1. The first-order chi connectivity index (χ1) is 21.8. The minimum absolute atomic E-state index is 0.0705. The van der Waals surface area contributed by atoms with Crippen LogP contribution in [0.15, 0.2) is 17.3 Å². The molecule has 14 heteroatoms. The van der Waals surface area contributed by atoms with Gasteiger partial charge in [-0.15, -0.1) is 11.3 Å². The van der Waals surface area contributed by atoms with E-state index < -0.39 is 17.0 Å². The van der Waals surface area contributed by atoms with Gasteiger partial charge in [0, 0.05) is 74.7 Å². The summed E-state index contributed by atoms with van der Waals surface area (Å²) in [6.07, 6.45) is 2.85. The second kappa shape index (κ2) is 13.3. The summed E-state index contributed by atoms with van der Waals surface area (Å²) in [5.41, 5.74) is 12.1. The van der Waals surface area contributed by atoms with Gasteiger partial charge in [-0.25, -0.2) is 14.6 Å². The Morgan fingerprint density at radius 1 is 1.15 bits per heavy atom. The van der Waals surface area contributed by atoms with Crippen molar-refractivity contribution in [1.29, 1.82) is 5.26 Å². The van der Waals surface area contributed by atoms with E-state index in [1.54, 1.807) is 17.9 Å². The molecule has 1 atom stereocenters. The van der Waals surface area contributed by atoms with E-state index in [4.69, 9.17) is 30.8 Å². The Hall–Kier alpha value is -4.09. The molecule has 0 saturated carbocycles. The molecule has 1 aliphatic carbocycles. The number of nitriles is 1. The Balaban J connectivity index is 1.34.